The second-order valence-corrected chi connectivity index (χ2v) is 10.1. The number of rotatable bonds is 9. The van der Waals surface area contributed by atoms with Gasteiger partial charge in [-0.25, -0.2) is 4.79 Å². The van der Waals surface area contributed by atoms with Crippen LogP contribution in [0.3, 0.4) is 0 Å². The molecule has 2 saturated heterocycles. The van der Waals surface area contributed by atoms with Crippen LogP contribution in [0.15, 0.2) is 54.6 Å². The lowest BCUT2D eigenvalue weighted by atomic mass is 10.00. The fourth-order valence-corrected chi connectivity index (χ4v) is 5.47. The van der Waals surface area contributed by atoms with Gasteiger partial charge in [0.2, 0.25) is 0 Å². The molecular weight excluding hydrogens is 420 g/mol. The van der Waals surface area contributed by atoms with Crippen LogP contribution in [-0.2, 0) is 13.1 Å². The van der Waals surface area contributed by atoms with Gasteiger partial charge >= 0.3 is 6.03 Å². The van der Waals surface area contributed by atoms with Crippen LogP contribution in [0.25, 0.3) is 0 Å². The Morgan fingerprint density at radius 2 is 1.65 bits per heavy atom. The average Bonchev–Trinajstić information content (AvgIpc) is 3.38. The van der Waals surface area contributed by atoms with E-state index in [-0.39, 0.29) is 12.1 Å². The van der Waals surface area contributed by atoms with Crippen LogP contribution in [0.5, 0.6) is 0 Å². The second kappa shape index (κ2) is 12.4. The summed E-state index contributed by atoms with van der Waals surface area (Å²) < 4.78 is 0. The zero-order valence-corrected chi connectivity index (χ0v) is 21.1. The minimum absolute atomic E-state index is 0.0104. The summed E-state index contributed by atoms with van der Waals surface area (Å²) in [6.07, 6.45) is 7.14. The summed E-state index contributed by atoms with van der Waals surface area (Å²) in [5.41, 5.74) is 3.37. The molecule has 0 aromatic heterocycles. The molecule has 2 fully saturated rings. The Morgan fingerprint density at radius 1 is 0.971 bits per heavy atom. The number of nitrogens with zero attached hydrogens (tertiary/aromatic N) is 3. The van der Waals surface area contributed by atoms with Gasteiger partial charge in [0.05, 0.1) is 0 Å². The molecule has 0 aliphatic carbocycles. The Kier molecular flexibility index (Phi) is 9.00. The van der Waals surface area contributed by atoms with Gasteiger partial charge < -0.3 is 15.1 Å². The number of hydrogen-bond donors (Lipinski definition) is 1. The lowest BCUT2D eigenvalue weighted by Crippen LogP contribution is -2.50. The van der Waals surface area contributed by atoms with Gasteiger partial charge in [-0.05, 0) is 75.4 Å². The predicted molar refractivity (Wildman–Crippen MR) is 141 cm³/mol. The first kappa shape index (κ1) is 24.7. The van der Waals surface area contributed by atoms with E-state index in [4.69, 9.17) is 0 Å². The maximum Gasteiger partial charge on any atom is 0.322 e. The number of hydrogen-bond acceptors (Lipinski definition) is 3. The zero-order chi connectivity index (χ0) is 23.8. The topological polar surface area (TPSA) is 38.8 Å². The largest absolute Gasteiger partial charge is 0.322 e. The number of benzene rings is 2. The molecular formula is C29H42N4O. The number of carbonyl (C=O) groups excluding carboxylic acids is 1. The highest BCUT2D eigenvalue weighted by Gasteiger charge is 2.29. The third-order valence-corrected chi connectivity index (χ3v) is 7.54. The molecule has 0 bridgehead atoms. The normalized spacial score (nSPS) is 18.6. The van der Waals surface area contributed by atoms with E-state index in [1.54, 1.807) is 0 Å². The minimum Gasteiger partial charge on any atom is -0.317 e. The molecule has 2 aromatic carbocycles. The maximum absolute atomic E-state index is 13.5. The van der Waals surface area contributed by atoms with Crippen molar-refractivity contribution in [3.63, 3.8) is 0 Å². The Hall–Kier alpha value is -2.37. The summed E-state index contributed by atoms with van der Waals surface area (Å²) in [7, 11) is 0. The number of urea groups is 1. The van der Waals surface area contributed by atoms with Gasteiger partial charge in [-0.2, -0.15) is 0 Å². The summed E-state index contributed by atoms with van der Waals surface area (Å²) in [6.45, 7) is 10.8. The van der Waals surface area contributed by atoms with Crippen LogP contribution in [0, 0.1) is 0 Å². The van der Waals surface area contributed by atoms with Crippen molar-refractivity contribution < 1.29 is 4.79 Å². The standard InChI is InChI=1S/C29H42N4O/c1-3-9-24(2)32-20-16-28(17-21-32)33(23-25-10-5-4-6-11-25)29(34)30-27-14-12-26(13-15-27)22-31-18-7-8-19-31/h4-6,10-15,24,28H,3,7-9,16-23H2,1-2H3,(H,30,34). The van der Waals surface area contributed by atoms with E-state index >= 15 is 0 Å². The lowest BCUT2D eigenvalue weighted by molar-refractivity contribution is 0.0989. The molecule has 0 spiro atoms. The summed E-state index contributed by atoms with van der Waals surface area (Å²) in [5, 5.41) is 3.19. The fraction of sp³-hybridized carbons (Fsp3) is 0.552. The van der Waals surface area contributed by atoms with Crippen LogP contribution in [0.2, 0.25) is 0 Å². The third kappa shape index (κ3) is 6.83. The first-order valence-electron chi connectivity index (χ1n) is 13.3. The molecule has 4 rings (SSSR count). The number of piperidine rings is 1. The number of amides is 2. The SMILES string of the molecule is CCCC(C)N1CCC(N(Cc2ccccc2)C(=O)Nc2ccc(CN3CCCC3)cc2)CC1. The van der Waals surface area contributed by atoms with E-state index in [9.17, 15) is 4.79 Å². The van der Waals surface area contributed by atoms with Crippen LogP contribution in [0.4, 0.5) is 10.5 Å². The highest BCUT2D eigenvalue weighted by molar-refractivity contribution is 5.89. The second-order valence-electron chi connectivity index (χ2n) is 10.1. The molecule has 2 aliphatic rings. The minimum atomic E-state index is 0.0104. The molecule has 1 atom stereocenters. The van der Waals surface area contributed by atoms with Crippen molar-refractivity contribution in [1.29, 1.82) is 0 Å². The molecule has 184 valence electrons. The van der Waals surface area contributed by atoms with E-state index in [0.29, 0.717) is 12.6 Å². The van der Waals surface area contributed by atoms with Gasteiger partial charge in [0, 0.05) is 44.0 Å². The van der Waals surface area contributed by atoms with E-state index in [0.717, 1.165) is 38.2 Å². The van der Waals surface area contributed by atoms with E-state index in [1.165, 1.54) is 49.9 Å². The molecule has 34 heavy (non-hydrogen) atoms. The monoisotopic (exact) mass is 462 g/mol. The Bertz CT molecular complexity index is 871. The van der Waals surface area contributed by atoms with Gasteiger partial charge in [0.15, 0.2) is 0 Å². The first-order chi connectivity index (χ1) is 16.6. The van der Waals surface area contributed by atoms with E-state index < -0.39 is 0 Å². The Morgan fingerprint density at radius 3 is 2.29 bits per heavy atom. The molecule has 5 nitrogen and oxygen atoms in total. The van der Waals surface area contributed by atoms with Crippen molar-refractivity contribution in [2.45, 2.75) is 77.5 Å². The summed E-state index contributed by atoms with van der Waals surface area (Å²) in [5.74, 6) is 0. The molecule has 1 unspecified atom stereocenters. The van der Waals surface area contributed by atoms with Crippen LogP contribution >= 0.6 is 0 Å². The fourth-order valence-electron chi connectivity index (χ4n) is 5.47. The molecule has 0 saturated carbocycles. The van der Waals surface area contributed by atoms with Crippen LogP contribution in [0.1, 0.15) is 63.5 Å². The number of anilines is 1. The summed E-state index contributed by atoms with van der Waals surface area (Å²) in [6, 6.07) is 19.7. The quantitative estimate of drug-likeness (QED) is 0.499. The maximum atomic E-state index is 13.5. The molecule has 0 radical (unpaired) electrons. The predicted octanol–water partition coefficient (Wildman–Crippen LogP) is 5.97. The van der Waals surface area contributed by atoms with Crippen molar-refractivity contribution in [1.82, 2.24) is 14.7 Å². The van der Waals surface area contributed by atoms with Crippen molar-refractivity contribution in [2.75, 3.05) is 31.5 Å². The zero-order valence-electron chi connectivity index (χ0n) is 21.1. The Balaban J connectivity index is 1.39. The molecule has 1 N–H and O–H groups in total. The van der Waals surface area contributed by atoms with Gasteiger partial charge in [0.1, 0.15) is 0 Å². The van der Waals surface area contributed by atoms with Gasteiger partial charge in [-0.15, -0.1) is 0 Å². The van der Waals surface area contributed by atoms with Crippen molar-refractivity contribution in [3.05, 3.63) is 65.7 Å². The van der Waals surface area contributed by atoms with Crippen LogP contribution in [-0.4, -0.2) is 59.0 Å². The first-order valence-corrected chi connectivity index (χ1v) is 13.3. The average molecular weight is 463 g/mol. The summed E-state index contributed by atoms with van der Waals surface area (Å²) in [4.78, 5) is 20.7. The summed E-state index contributed by atoms with van der Waals surface area (Å²) >= 11 is 0. The number of nitrogens with one attached hydrogen (secondary N) is 1. The molecule has 2 amide bonds. The van der Waals surface area contributed by atoms with E-state index in [2.05, 4.69) is 82.4 Å². The molecule has 2 aliphatic heterocycles. The van der Waals surface area contributed by atoms with Crippen molar-refractivity contribution in [2.24, 2.45) is 0 Å². The smallest absolute Gasteiger partial charge is 0.317 e. The molecule has 5 heteroatoms. The van der Waals surface area contributed by atoms with Crippen molar-refractivity contribution >= 4 is 11.7 Å². The van der Waals surface area contributed by atoms with Crippen LogP contribution < -0.4 is 5.32 Å². The number of likely N-dealkylation sites (tertiary alicyclic amines) is 2. The molecule has 2 aromatic rings. The highest BCUT2D eigenvalue weighted by Crippen LogP contribution is 2.23. The number of carbonyl (C=O) groups is 1. The third-order valence-electron chi connectivity index (χ3n) is 7.54. The van der Waals surface area contributed by atoms with Crippen molar-refractivity contribution in [3.8, 4) is 0 Å². The molecule has 2 heterocycles. The highest BCUT2D eigenvalue weighted by atomic mass is 16.2. The van der Waals surface area contributed by atoms with Gasteiger partial charge in [-0.1, -0.05) is 55.8 Å². The Labute approximate surface area is 206 Å². The lowest BCUT2D eigenvalue weighted by Gasteiger charge is -2.40. The van der Waals surface area contributed by atoms with Gasteiger partial charge in [-0.3, -0.25) is 4.90 Å². The van der Waals surface area contributed by atoms with E-state index in [1.807, 2.05) is 6.07 Å². The van der Waals surface area contributed by atoms with Gasteiger partial charge in [0.25, 0.3) is 0 Å².